The largest absolute Gasteiger partial charge is 0.399 e. The third-order valence-electron chi connectivity index (χ3n) is 6.35. The number of aromatic nitrogens is 3. The van der Waals surface area contributed by atoms with E-state index in [4.69, 9.17) is 16.4 Å². The molecule has 0 amide bonds. The number of hydrogen-bond acceptors (Lipinski definition) is 5. The molecule has 2 aromatic rings. The molecule has 28 heavy (non-hydrogen) atoms. The highest BCUT2D eigenvalue weighted by atomic mass is 35.5. The van der Waals surface area contributed by atoms with Gasteiger partial charge in [0.2, 0.25) is 0 Å². The zero-order valence-electron chi connectivity index (χ0n) is 16.8. The van der Waals surface area contributed by atoms with Crippen LogP contribution in [0, 0.1) is 11.3 Å². The Labute approximate surface area is 171 Å². The van der Waals surface area contributed by atoms with Crippen molar-refractivity contribution in [2.75, 3.05) is 7.11 Å². The summed E-state index contributed by atoms with van der Waals surface area (Å²) >= 11 is 6.13. The lowest BCUT2D eigenvalue weighted by Gasteiger charge is -2.51. The molecular weight excluding hydrogens is 376 g/mol. The molecule has 1 aliphatic carbocycles. The highest BCUT2D eigenvalue weighted by molar-refractivity contribution is 6.30. The Morgan fingerprint density at radius 1 is 1.25 bits per heavy atom. The number of nitrogens with zero attached hydrogens (tertiary/aromatic N) is 4. The van der Waals surface area contributed by atoms with E-state index in [-0.39, 0.29) is 0 Å². The third-order valence-corrected chi connectivity index (χ3v) is 6.60. The fourth-order valence-corrected chi connectivity index (χ4v) is 4.74. The fraction of sp³-hybridized carbons (Fsp3) is 0.571. The summed E-state index contributed by atoms with van der Waals surface area (Å²) in [7, 11) is 1.49. The first-order chi connectivity index (χ1) is 13.4. The minimum Gasteiger partial charge on any atom is -0.399 e. The van der Waals surface area contributed by atoms with E-state index in [9.17, 15) is 5.11 Å². The lowest BCUT2D eigenvalue weighted by Crippen LogP contribution is -2.53. The van der Waals surface area contributed by atoms with Crippen LogP contribution in [0.2, 0.25) is 5.02 Å². The fourth-order valence-electron chi connectivity index (χ4n) is 4.61. The van der Waals surface area contributed by atoms with Gasteiger partial charge in [0, 0.05) is 10.4 Å². The minimum atomic E-state index is -1.30. The predicted molar refractivity (Wildman–Crippen MR) is 110 cm³/mol. The molecule has 1 aromatic heterocycles. The van der Waals surface area contributed by atoms with Crippen molar-refractivity contribution in [3.05, 3.63) is 47.5 Å². The second-order valence-electron chi connectivity index (χ2n) is 8.09. The molecule has 0 bridgehead atoms. The number of rotatable bonds is 7. The number of oxime groups is 1. The number of halogens is 1. The Bertz CT molecular complexity index is 770. The first-order valence-corrected chi connectivity index (χ1v) is 10.2. The van der Waals surface area contributed by atoms with E-state index >= 15 is 0 Å². The van der Waals surface area contributed by atoms with Crippen molar-refractivity contribution in [1.29, 1.82) is 0 Å². The van der Waals surface area contributed by atoms with Gasteiger partial charge in [0.05, 0.1) is 6.21 Å². The average Bonchev–Trinajstić information content (AvgIpc) is 3.23. The van der Waals surface area contributed by atoms with Crippen LogP contribution in [-0.4, -0.2) is 33.2 Å². The summed E-state index contributed by atoms with van der Waals surface area (Å²) in [5, 5.41) is 21.4. The topological polar surface area (TPSA) is 72.5 Å². The van der Waals surface area contributed by atoms with Gasteiger partial charge in [-0.1, -0.05) is 62.0 Å². The Balaban J connectivity index is 2.17. The van der Waals surface area contributed by atoms with E-state index in [0.717, 1.165) is 18.4 Å². The quantitative estimate of drug-likeness (QED) is 0.540. The summed E-state index contributed by atoms with van der Waals surface area (Å²) in [5.74, 6) is 0.365. The van der Waals surface area contributed by atoms with Crippen molar-refractivity contribution in [3.63, 3.8) is 0 Å². The molecule has 1 aromatic carbocycles. The normalized spacial score (nSPS) is 19.5. The molecular formula is C21H29ClN4O2. The molecule has 152 valence electrons. The second-order valence-corrected chi connectivity index (χ2v) is 8.52. The molecule has 2 unspecified atom stereocenters. The van der Waals surface area contributed by atoms with Crippen molar-refractivity contribution in [1.82, 2.24) is 14.8 Å². The first-order valence-electron chi connectivity index (χ1n) is 9.80. The van der Waals surface area contributed by atoms with Crippen LogP contribution in [0.5, 0.6) is 0 Å². The maximum Gasteiger partial charge on any atom is 0.137 e. The van der Waals surface area contributed by atoms with Crippen LogP contribution in [0.25, 0.3) is 0 Å². The molecule has 0 radical (unpaired) electrons. The van der Waals surface area contributed by atoms with Crippen molar-refractivity contribution >= 4 is 17.8 Å². The van der Waals surface area contributed by atoms with Crippen LogP contribution in [0.1, 0.15) is 57.6 Å². The number of aliphatic hydroxyl groups is 1. The molecule has 1 fully saturated rings. The smallest absolute Gasteiger partial charge is 0.137 e. The Morgan fingerprint density at radius 3 is 2.50 bits per heavy atom. The molecule has 0 aliphatic heterocycles. The van der Waals surface area contributed by atoms with E-state index in [1.54, 1.807) is 17.2 Å². The SMILES string of the molecule is CON=CC(n1cncn1)C(O)(c1ccc(Cl)cc1)C(C)(C)C1CCCCC1. The predicted octanol–water partition coefficient (Wildman–Crippen LogP) is 4.60. The van der Waals surface area contributed by atoms with Gasteiger partial charge in [-0.05, 0) is 36.5 Å². The molecule has 6 nitrogen and oxygen atoms in total. The van der Waals surface area contributed by atoms with Gasteiger partial charge in [-0.2, -0.15) is 5.10 Å². The standard InChI is InChI=1S/C21H29ClN4O2/c1-20(2,16-7-5-4-6-8-16)21(27,17-9-11-18(22)12-10-17)19(13-25-28-3)26-15-23-14-24-26/h9-16,19,27H,4-8H2,1-3H3. The van der Waals surface area contributed by atoms with Gasteiger partial charge < -0.3 is 9.94 Å². The molecule has 1 saturated carbocycles. The Hall–Kier alpha value is -1.92. The minimum absolute atomic E-state index is 0.365. The van der Waals surface area contributed by atoms with Crippen molar-refractivity contribution in [2.45, 2.75) is 57.6 Å². The van der Waals surface area contributed by atoms with Crippen molar-refractivity contribution in [3.8, 4) is 0 Å². The monoisotopic (exact) mass is 404 g/mol. The van der Waals surface area contributed by atoms with Gasteiger partial charge in [0.1, 0.15) is 31.4 Å². The van der Waals surface area contributed by atoms with Crippen LogP contribution in [0.15, 0.2) is 42.1 Å². The van der Waals surface area contributed by atoms with Gasteiger partial charge >= 0.3 is 0 Å². The molecule has 7 heteroatoms. The molecule has 1 N–H and O–H groups in total. The highest BCUT2D eigenvalue weighted by Crippen LogP contribution is 2.54. The molecule has 3 rings (SSSR count). The molecule has 1 heterocycles. The van der Waals surface area contributed by atoms with Gasteiger partial charge in [-0.15, -0.1) is 0 Å². The van der Waals surface area contributed by atoms with Crippen LogP contribution in [0.3, 0.4) is 0 Å². The molecule has 2 atom stereocenters. The first kappa shape index (κ1) is 20.8. The lowest BCUT2D eigenvalue weighted by molar-refractivity contribution is -0.131. The maximum absolute atomic E-state index is 12.4. The van der Waals surface area contributed by atoms with E-state index in [1.165, 1.54) is 32.7 Å². The van der Waals surface area contributed by atoms with Gasteiger partial charge in [0.25, 0.3) is 0 Å². The van der Waals surface area contributed by atoms with Crippen molar-refractivity contribution < 1.29 is 9.94 Å². The lowest BCUT2D eigenvalue weighted by atomic mass is 9.58. The number of hydrogen-bond donors (Lipinski definition) is 1. The van der Waals surface area contributed by atoms with Gasteiger partial charge in [-0.3, -0.25) is 0 Å². The van der Waals surface area contributed by atoms with Crippen molar-refractivity contribution in [2.24, 2.45) is 16.5 Å². The summed E-state index contributed by atoms with van der Waals surface area (Å²) < 4.78 is 1.64. The molecule has 0 spiro atoms. The average molecular weight is 405 g/mol. The Morgan fingerprint density at radius 2 is 1.93 bits per heavy atom. The summed E-state index contributed by atoms with van der Waals surface area (Å²) in [4.78, 5) is 9.04. The van der Waals surface area contributed by atoms with Crippen LogP contribution in [-0.2, 0) is 10.4 Å². The molecule has 1 aliphatic rings. The van der Waals surface area contributed by atoms with Crippen LogP contribution < -0.4 is 0 Å². The molecule has 0 saturated heterocycles. The summed E-state index contributed by atoms with van der Waals surface area (Å²) in [5.41, 5.74) is -0.983. The zero-order valence-corrected chi connectivity index (χ0v) is 17.5. The maximum atomic E-state index is 12.4. The zero-order chi connectivity index (χ0) is 20.2. The van der Waals surface area contributed by atoms with E-state index in [2.05, 4.69) is 29.1 Å². The van der Waals surface area contributed by atoms with E-state index in [0.29, 0.717) is 10.9 Å². The summed E-state index contributed by atoms with van der Waals surface area (Å²) in [6.45, 7) is 4.28. The van der Waals surface area contributed by atoms with E-state index in [1.807, 2.05) is 24.3 Å². The third kappa shape index (κ3) is 3.80. The van der Waals surface area contributed by atoms with Crippen LogP contribution in [0.4, 0.5) is 0 Å². The van der Waals surface area contributed by atoms with Gasteiger partial charge in [-0.25, -0.2) is 9.67 Å². The summed E-state index contributed by atoms with van der Waals surface area (Å²) in [6, 6.07) is 6.80. The van der Waals surface area contributed by atoms with E-state index < -0.39 is 17.1 Å². The summed E-state index contributed by atoms with van der Waals surface area (Å²) in [6.07, 6.45) is 10.5. The second kappa shape index (κ2) is 8.62. The Kier molecular flexibility index (Phi) is 6.40. The van der Waals surface area contributed by atoms with Gasteiger partial charge in [0.15, 0.2) is 0 Å². The number of benzene rings is 1. The highest BCUT2D eigenvalue weighted by Gasteiger charge is 2.54. The van der Waals surface area contributed by atoms with Crippen LogP contribution >= 0.6 is 11.6 Å².